The largest absolute Gasteiger partial charge is 0.481 e. The minimum atomic E-state index is -0.727. The Labute approximate surface area is 126 Å². The maximum atomic E-state index is 12.5. The van der Waals surface area contributed by atoms with Crippen LogP contribution in [0.1, 0.15) is 39.0 Å². The molecule has 6 heteroatoms. The minimum Gasteiger partial charge on any atom is -0.481 e. The monoisotopic (exact) mass is 298 g/mol. The molecule has 0 aromatic heterocycles. The Bertz CT molecular complexity index is 385. The van der Waals surface area contributed by atoms with Gasteiger partial charge in [0.2, 0.25) is 0 Å². The topological polar surface area (TPSA) is 70.1 Å². The number of likely N-dealkylation sites (tertiary alicyclic amines) is 1. The second kappa shape index (κ2) is 6.64. The van der Waals surface area contributed by atoms with E-state index >= 15 is 0 Å². The van der Waals surface area contributed by atoms with Crippen LogP contribution >= 0.6 is 0 Å². The third-order valence-corrected chi connectivity index (χ3v) is 5.16. The average molecular weight is 298 g/mol. The highest BCUT2D eigenvalue weighted by Crippen LogP contribution is 2.35. The molecule has 0 bridgehead atoms. The zero-order valence-electron chi connectivity index (χ0n) is 13.0. The molecule has 0 spiro atoms. The van der Waals surface area contributed by atoms with Crippen LogP contribution in [0.5, 0.6) is 0 Å². The zero-order chi connectivity index (χ0) is 15.5. The molecule has 2 aliphatic heterocycles. The first-order valence-corrected chi connectivity index (χ1v) is 7.83. The van der Waals surface area contributed by atoms with E-state index in [-0.39, 0.29) is 12.1 Å². The van der Waals surface area contributed by atoms with Crippen molar-refractivity contribution in [3.8, 4) is 0 Å². The van der Waals surface area contributed by atoms with Crippen LogP contribution in [0.4, 0.5) is 4.79 Å². The van der Waals surface area contributed by atoms with Gasteiger partial charge in [0.05, 0.1) is 5.41 Å². The van der Waals surface area contributed by atoms with Crippen LogP contribution < -0.4 is 0 Å². The number of rotatable bonds is 3. The molecule has 2 amide bonds. The van der Waals surface area contributed by atoms with Crippen molar-refractivity contribution in [3.05, 3.63) is 0 Å². The Balaban J connectivity index is 1.91. The second-order valence-corrected chi connectivity index (χ2v) is 6.16. The number of ether oxygens (including phenoxy) is 1. The summed E-state index contributed by atoms with van der Waals surface area (Å²) in [5.74, 6) is -0.727. The SMILES string of the molecule is CCC1(C(=O)O)CCN(C(=O)N(C)C2CCOCC2)CC1. The highest BCUT2D eigenvalue weighted by Gasteiger charge is 2.41. The van der Waals surface area contributed by atoms with Crippen LogP contribution in [0, 0.1) is 5.41 Å². The molecule has 0 radical (unpaired) electrons. The summed E-state index contributed by atoms with van der Waals surface area (Å²) in [7, 11) is 1.84. The molecular weight excluding hydrogens is 272 g/mol. The molecule has 2 heterocycles. The van der Waals surface area contributed by atoms with Gasteiger partial charge in [0.25, 0.3) is 0 Å². The molecule has 6 nitrogen and oxygen atoms in total. The van der Waals surface area contributed by atoms with Crippen molar-refractivity contribution >= 4 is 12.0 Å². The van der Waals surface area contributed by atoms with Gasteiger partial charge in [0.15, 0.2) is 0 Å². The van der Waals surface area contributed by atoms with E-state index in [1.54, 1.807) is 4.90 Å². The molecular formula is C15H26N2O4. The predicted molar refractivity (Wildman–Crippen MR) is 78.2 cm³/mol. The molecule has 0 saturated carbocycles. The van der Waals surface area contributed by atoms with Crippen molar-refractivity contribution in [2.45, 2.75) is 45.1 Å². The van der Waals surface area contributed by atoms with Crippen molar-refractivity contribution < 1.29 is 19.4 Å². The first kappa shape index (κ1) is 16.1. The molecule has 2 rings (SSSR count). The van der Waals surface area contributed by atoms with Gasteiger partial charge in [-0.3, -0.25) is 4.79 Å². The number of carbonyl (C=O) groups excluding carboxylic acids is 1. The van der Waals surface area contributed by atoms with Crippen LogP contribution in [-0.4, -0.2) is 66.3 Å². The summed E-state index contributed by atoms with van der Waals surface area (Å²) in [6, 6.07) is 0.264. The third kappa shape index (κ3) is 3.31. The van der Waals surface area contributed by atoms with Gasteiger partial charge in [-0.15, -0.1) is 0 Å². The maximum Gasteiger partial charge on any atom is 0.319 e. The Morgan fingerprint density at radius 3 is 2.33 bits per heavy atom. The summed E-state index contributed by atoms with van der Waals surface area (Å²) < 4.78 is 5.33. The summed E-state index contributed by atoms with van der Waals surface area (Å²) >= 11 is 0. The summed E-state index contributed by atoms with van der Waals surface area (Å²) in [6.07, 6.45) is 3.48. The first-order chi connectivity index (χ1) is 10.00. The van der Waals surface area contributed by atoms with Crippen LogP contribution in [0.2, 0.25) is 0 Å². The van der Waals surface area contributed by atoms with Gasteiger partial charge in [-0.25, -0.2) is 4.79 Å². The van der Waals surface area contributed by atoms with Crippen molar-refractivity contribution in [2.24, 2.45) is 5.41 Å². The maximum absolute atomic E-state index is 12.5. The van der Waals surface area contributed by atoms with E-state index in [0.29, 0.717) is 45.6 Å². The molecule has 2 fully saturated rings. The number of carboxylic acids is 1. The van der Waals surface area contributed by atoms with Crippen molar-refractivity contribution in [1.82, 2.24) is 9.80 Å². The van der Waals surface area contributed by atoms with Crippen molar-refractivity contribution in [3.63, 3.8) is 0 Å². The van der Waals surface area contributed by atoms with E-state index in [1.165, 1.54) is 0 Å². The van der Waals surface area contributed by atoms with E-state index in [0.717, 1.165) is 12.8 Å². The number of amides is 2. The van der Waals surface area contributed by atoms with Gasteiger partial charge in [-0.1, -0.05) is 6.92 Å². The quantitative estimate of drug-likeness (QED) is 0.862. The minimum absolute atomic E-state index is 0.0250. The van der Waals surface area contributed by atoms with Crippen molar-refractivity contribution in [1.29, 1.82) is 0 Å². The molecule has 0 unspecified atom stereocenters. The number of carboxylic acid groups (broad SMARTS) is 1. The lowest BCUT2D eigenvalue weighted by Crippen LogP contribution is -2.52. The molecule has 21 heavy (non-hydrogen) atoms. The Morgan fingerprint density at radius 1 is 1.29 bits per heavy atom. The van der Waals surface area contributed by atoms with Gasteiger partial charge in [0, 0.05) is 39.4 Å². The fourth-order valence-corrected chi connectivity index (χ4v) is 3.30. The lowest BCUT2D eigenvalue weighted by molar-refractivity contribution is -0.152. The van der Waals surface area contributed by atoms with Gasteiger partial charge in [-0.05, 0) is 32.1 Å². The number of hydrogen-bond donors (Lipinski definition) is 1. The number of aliphatic carboxylic acids is 1. The summed E-state index contributed by atoms with van der Waals surface area (Å²) in [4.78, 5) is 27.6. The van der Waals surface area contributed by atoms with E-state index in [1.807, 2.05) is 18.9 Å². The summed E-state index contributed by atoms with van der Waals surface area (Å²) in [5, 5.41) is 9.40. The Morgan fingerprint density at radius 2 is 1.86 bits per heavy atom. The lowest BCUT2D eigenvalue weighted by Gasteiger charge is -2.41. The average Bonchev–Trinajstić information content (AvgIpc) is 2.54. The molecule has 0 aromatic rings. The van der Waals surface area contributed by atoms with Gasteiger partial charge < -0.3 is 19.6 Å². The van der Waals surface area contributed by atoms with E-state index in [4.69, 9.17) is 4.74 Å². The Hall–Kier alpha value is -1.30. The van der Waals surface area contributed by atoms with Crippen molar-refractivity contribution in [2.75, 3.05) is 33.4 Å². The number of piperidine rings is 1. The van der Waals surface area contributed by atoms with Crippen LogP contribution in [0.15, 0.2) is 0 Å². The number of hydrogen-bond acceptors (Lipinski definition) is 3. The number of urea groups is 1. The highest BCUT2D eigenvalue weighted by atomic mass is 16.5. The third-order valence-electron chi connectivity index (χ3n) is 5.16. The van der Waals surface area contributed by atoms with Gasteiger partial charge in [-0.2, -0.15) is 0 Å². The van der Waals surface area contributed by atoms with E-state index < -0.39 is 11.4 Å². The molecule has 1 N–H and O–H groups in total. The first-order valence-electron chi connectivity index (χ1n) is 7.83. The zero-order valence-corrected chi connectivity index (χ0v) is 13.0. The fourth-order valence-electron chi connectivity index (χ4n) is 3.30. The smallest absolute Gasteiger partial charge is 0.319 e. The fraction of sp³-hybridized carbons (Fsp3) is 0.867. The van der Waals surface area contributed by atoms with Crippen LogP contribution in [0.25, 0.3) is 0 Å². The Kier molecular flexibility index (Phi) is 5.08. The molecule has 0 atom stereocenters. The van der Waals surface area contributed by atoms with E-state index in [2.05, 4.69) is 0 Å². The molecule has 120 valence electrons. The summed E-state index contributed by atoms with van der Waals surface area (Å²) in [5.41, 5.74) is -0.645. The second-order valence-electron chi connectivity index (χ2n) is 6.16. The van der Waals surface area contributed by atoms with Gasteiger partial charge >= 0.3 is 12.0 Å². The van der Waals surface area contributed by atoms with Crippen LogP contribution in [0.3, 0.4) is 0 Å². The molecule has 2 saturated heterocycles. The normalized spacial score (nSPS) is 22.9. The predicted octanol–water partition coefficient (Wildman–Crippen LogP) is 1.79. The number of nitrogens with zero attached hydrogens (tertiary/aromatic N) is 2. The number of carbonyl (C=O) groups is 2. The summed E-state index contributed by atoms with van der Waals surface area (Å²) in [6.45, 7) is 4.40. The lowest BCUT2D eigenvalue weighted by atomic mass is 9.76. The standard InChI is InChI=1S/C15H26N2O4/c1-3-15(13(18)19)6-8-17(9-7-15)14(20)16(2)12-4-10-21-11-5-12/h12H,3-11H2,1-2H3,(H,18,19). The molecule has 2 aliphatic rings. The highest BCUT2D eigenvalue weighted by molar-refractivity contribution is 5.77. The van der Waals surface area contributed by atoms with Crippen LogP contribution in [-0.2, 0) is 9.53 Å². The molecule has 0 aliphatic carbocycles. The van der Waals surface area contributed by atoms with E-state index in [9.17, 15) is 14.7 Å². The van der Waals surface area contributed by atoms with Gasteiger partial charge in [0.1, 0.15) is 0 Å². The molecule has 0 aromatic carbocycles.